The normalized spacial score (nSPS) is 30.6. The number of allylic oxidation sites excluding steroid dienone is 2. The van der Waals surface area contributed by atoms with Gasteiger partial charge in [0, 0.05) is 0 Å². The van der Waals surface area contributed by atoms with Gasteiger partial charge in [-0.15, -0.1) is 0 Å². The molecule has 2 nitrogen and oxygen atoms in total. The molecular weight excluding hydrogens is 174 g/mol. The van der Waals surface area contributed by atoms with Gasteiger partial charge in [-0.05, 0) is 11.6 Å². The first kappa shape index (κ1) is 9.19. The molecule has 1 aromatic carbocycles. The lowest BCUT2D eigenvalue weighted by molar-refractivity contribution is 0.0742. The highest BCUT2D eigenvalue weighted by Crippen LogP contribution is 2.28. The summed E-state index contributed by atoms with van der Waals surface area (Å²) in [6, 6.07) is 9.08. The van der Waals surface area contributed by atoms with Crippen LogP contribution in [0.3, 0.4) is 0 Å². The summed E-state index contributed by atoms with van der Waals surface area (Å²) in [6.07, 6.45) is 7.19. The van der Waals surface area contributed by atoms with Crippen molar-refractivity contribution >= 4 is 0 Å². The van der Waals surface area contributed by atoms with E-state index in [0.29, 0.717) is 0 Å². The average Bonchev–Trinajstić information content (AvgIpc) is 2.24. The van der Waals surface area contributed by atoms with Gasteiger partial charge < -0.3 is 10.8 Å². The molecule has 14 heavy (non-hydrogen) atoms. The van der Waals surface area contributed by atoms with Gasteiger partial charge in [0.1, 0.15) is 5.60 Å². The molecule has 1 aromatic rings. The first-order valence-electron chi connectivity index (χ1n) is 4.63. The summed E-state index contributed by atoms with van der Waals surface area (Å²) in [5.74, 6) is 0. The van der Waals surface area contributed by atoms with Crippen LogP contribution in [-0.4, -0.2) is 11.1 Å². The first-order valence-corrected chi connectivity index (χ1v) is 4.63. The lowest BCUT2D eigenvalue weighted by atomic mass is 9.84. The van der Waals surface area contributed by atoms with E-state index in [9.17, 15) is 5.11 Å². The van der Waals surface area contributed by atoms with Crippen molar-refractivity contribution in [3.05, 3.63) is 60.2 Å². The molecule has 0 saturated carbocycles. The van der Waals surface area contributed by atoms with Crippen LogP contribution in [-0.2, 0) is 5.60 Å². The standard InChI is InChI=1S/C12H13NO/c13-11-8-4-5-9-12(11,14)10-6-2-1-3-7-10/h1-9,11,14H,13H2. The van der Waals surface area contributed by atoms with Crippen LogP contribution in [0.4, 0.5) is 0 Å². The fraction of sp³-hybridized carbons (Fsp3) is 0.167. The predicted molar refractivity (Wildman–Crippen MR) is 56.6 cm³/mol. The fourth-order valence-electron chi connectivity index (χ4n) is 1.64. The molecule has 0 aliphatic heterocycles. The number of aliphatic hydroxyl groups is 1. The zero-order valence-corrected chi connectivity index (χ0v) is 7.80. The molecule has 0 bridgehead atoms. The van der Waals surface area contributed by atoms with Gasteiger partial charge in [0.25, 0.3) is 0 Å². The molecule has 0 aromatic heterocycles. The van der Waals surface area contributed by atoms with Crippen molar-refractivity contribution in [3.63, 3.8) is 0 Å². The van der Waals surface area contributed by atoms with Crippen LogP contribution in [0.25, 0.3) is 0 Å². The van der Waals surface area contributed by atoms with E-state index in [-0.39, 0.29) is 6.04 Å². The Bertz CT molecular complexity index is 369. The second-order valence-corrected chi connectivity index (χ2v) is 3.46. The van der Waals surface area contributed by atoms with Gasteiger partial charge in [-0.2, -0.15) is 0 Å². The van der Waals surface area contributed by atoms with Gasteiger partial charge in [-0.1, -0.05) is 48.6 Å². The molecule has 2 unspecified atom stereocenters. The third-order valence-electron chi connectivity index (χ3n) is 2.52. The predicted octanol–water partition coefficient (Wildman–Crippen LogP) is 1.33. The molecule has 0 amide bonds. The second-order valence-electron chi connectivity index (χ2n) is 3.46. The molecule has 0 saturated heterocycles. The van der Waals surface area contributed by atoms with Crippen molar-refractivity contribution in [2.75, 3.05) is 0 Å². The van der Waals surface area contributed by atoms with Crippen molar-refractivity contribution in [2.45, 2.75) is 11.6 Å². The first-order chi connectivity index (χ1) is 6.73. The Labute approximate surface area is 83.4 Å². The van der Waals surface area contributed by atoms with Gasteiger partial charge in [-0.3, -0.25) is 0 Å². The van der Waals surface area contributed by atoms with E-state index in [1.807, 2.05) is 42.5 Å². The lowest BCUT2D eigenvalue weighted by Crippen LogP contribution is -2.43. The van der Waals surface area contributed by atoms with Crippen molar-refractivity contribution in [3.8, 4) is 0 Å². The Morgan fingerprint density at radius 1 is 1.14 bits per heavy atom. The van der Waals surface area contributed by atoms with Gasteiger partial charge in [0.15, 0.2) is 0 Å². The molecule has 0 spiro atoms. The SMILES string of the molecule is NC1C=CC=CC1(O)c1ccccc1. The van der Waals surface area contributed by atoms with Crippen LogP contribution < -0.4 is 5.73 Å². The molecule has 1 aliphatic rings. The molecule has 2 atom stereocenters. The average molecular weight is 187 g/mol. The Hall–Kier alpha value is -1.38. The van der Waals surface area contributed by atoms with E-state index in [2.05, 4.69) is 0 Å². The van der Waals surface area contributed by atoms with E-state index >= 15 is 0 Å². The monoisotopic (exact) mass is 187 g/mol. The summed E-state index contributed by atoms with van der Waals surface area (Å²) in [7, 11) is 0. The number of rotatable bonds is 1. The van der Waals surface area contributed by atoms with Gasteiger partial charge in [0.2, 0.25) is 0 Å². The lowest BCUT2D eigenvalue weighted by Gasteiger charge is -2.31. The maximum absolute atomic E-state index is 10.3. The number of benzene rings is 1. The van der Waals surface area contributed by atoms with Crippen LogP contribution in [0.5, 0.6) is 0 Å². The van der Waals surface area contributed by atoms with Gasteiger partial charge in [-0.25, -0.2) is 0 Å². The van der Waals surface area contributed by atoms with Crippen LogP contribution in [0.15, 0.2) is 54.6 Å². The molecule has 72 valence electrons. The van der Waals surface area contributed by atoms with E-state index in [1.165, 1.54) is 0 Å². The minimum Gasteiger partial charge on any atom is -0.379 e. The molecule has 1 aliphatic carbocycles. The van der Waals surface area contributed by atoms with Crippen LogP contribution >= 0.6 is 0 Å². The highest BCUT2D eigenvalue weighted by molar-refractivity contribution is 5.35. The third kappa shape index (κ3) is 1.39. The smallest absolute Gasteiger partial charge is 0.127 e. The zero-order chi connectivity index (χ0) is 10.0. The van der Waals surface area contributed by atoms with Crippen molar-refractivity contribution in [1.82, 2.24) is 0 Å². The third-order valence-corrected chi connectivity index (χ3v) is 2.52. The summed E-state index contributed by atoms with van der Waals surface area (Å²) in [5, 5.41) is 10.3. The molecule has 3 N–H and O–H groups in total. The number of nitrogens with two attached hydrogens (primary N) is 1. The van der Waals surface area contributed by atoms with Crippen LogP contribution in [0.1, 0.15) is 5.56 Å². The summed E-state index contributed by atoms with van der Waals surface area (Å²) in [5.41, 5.74) is 5.62. The topological polar surface area (TPSA) is 46.2 Å². The van der Waals surface area contributed by atoms with Crippen molar-refractivity contribution in [2.24, 2.45) is 5.73 Å². The van der Waals surface area contributed by atoms with E-state index in [0.717, 1.165) is 5.56 Å². The van der Waals surface area contributed by atoms with E-state index in [1.54, 1.807) is 12.2 Å². The Kier molecular flexibility index (Phi) is 2.23. The van der Waals surface area contributed by atoms with E-state index < -0.39 is 5.60 Å². The van der Waals surface area contributed by atoms with Gasteiger partial charge >= 0.3 is 0 Å². The maximum Gasteiger partial charge on any atom is 0.127 e. The highest BCUT2D eigenvalue weighted by Gasteiger charge is 2.32. The Balaban J connectivity index is 2.42. The quantitative estimate of drug-likeness (QED) is 0.696. The molecular formula is C12H13NO. The Morgan fingerprint density at radius 2 is 1.86 bits per heavy atom. The minimum atomic E-state index is -1.06. The van der Waals surface area contributed by atoms with E-state index in [4.69, 9.17) is 5.73 Å². The second kappa shape index (κ2) is 3.40. The molecule has 0 heterocycles. The summed E-state index contributed by atoms with van der Waals surface area (Å²) < 4.78 is 0. The van der Waals surface area contributed by atoms with Gasteiger partial charge in [0.05, 0.1) is 6.04 Å². The summed E-state index contributed by atoms with van der Waals surface area (Å²) in [4.78, 5) is 0. The number of hydrogen-bond donors (Lipinski definition) is 2. The summed E-state index contributed by atoms with van der Waals surface area (Å²) in [6.45, 7) is 0. The zero-order valence-electron chi connectivity index (χ0n) is 7.80. The van der Waals surface area contributed by atoms with Crippen molar-refractivity contribution in [1.29, 1.82) is 0 Å². The number of hydrogen-bond acceptors (Lipinski definition) is 2. The maximum atomic E-state index is 10.3. The minimum absolute atomic E-state index is 0.380. The van der Waals surface area contributed by atoms with Crippen molar-refractivity contribution < 1.29 is 5.11 Å². The van der Waals surface area contributed by atoms with Crippen LogP contribution in [0, 0.1) is 0 Å². The molecule has 2 heteroatoms. The molecule has 2 rings (SSSR count). The summed E-state index contributed by atoms with van der Waals surface area (Å²) >= 11 is 0. The van der Waals surface area contributed by atoms with Crippen LogP contribution in [0.2, 0.25) is 0 Å². The molecule has 0 fully saturated rings. The Morgan fingerprint density at radius 3 is 2.50 bits per heavy atom. The largest absolute Gasteiger partial charge is 0.379 e. The highest BCUT2D eigenvalue weighted by atomic mass is 16.3. The fourth-order valence-corrected chi connectivity index (χ4v) is 1.64. The molecule has 0 radical (unpaired) electrons.